The van der Waals surface area contributed by atoms with Crippen LogP contribution in [0.15, 0.2) is 36.4 Å². The number of aryl methyl sites for hydroxylation is 1. The third kappa shape index (κ3) is 2.88. The Morgan fingerprint density at radius 1 is 1.21 bits per heavy atom. The fourth-order valence-electron chi connectivity index (χ4n) is 1.97. The largest absolute Gasteiger partial charge is 0.496 e. The molecule has 0 saturated carbocycles. The number of aliphatic hydroxyl groups excluding tert-OH is 1. The van der Waals surface area contributed by atoms with Gasteiger partial charge in [0.25, 0.3) is 0 Å². The van der Waals surface area contributed by atoms with E-state index in [-0.39, 0.29) is 5.02 Å². The summed E-state index contributed by atoms with van der Waals surface area (Å²) in [5.41, 5.74) is 2.08. The fourth-order valence-corrected chi connectivity index (χ4v) is 2.25. The Hall–Kier alpha value is -1.58. The van der Waals surface area contributed by atoms with Gasteiger partial charge in [-0.3, -0.25) is 0 Å². The van der Waals surface area contributed by atoms with Crippen molar-refractivity contribution in [1.82, 2.24) is 0 Å². The van der Waals surface area contributed by atoms with Crippen molar-refractivity contribution in [2.75, 3.05) is 7.11 Å². The van der Waals surface area contributed by atoms with Crippen molar-refractivity contribution >= 4 is 11.6 Å². The molecule has 2 aromatic rings. The van der Waals surface area contributed by atoms with Gasteiger partial charge in [0.2, 0.25) is 0 Å². The van der Waals surface area contributed by atoms with E-state index in [0.717, 1.165) is 11.3 Å². The van der Waals surface area contributed by atoms with Gasteiger partial charge in [-0.05, 0) is 42.3 Å². The third-order valence-electron chi connectivity index (χ3n) is 2.99. The van der Waals surface area contributed by atoms with Crippen molar-refractivity contribution < 1.29 is 14.2 Å². The minimum atomic E-state index is -0.891. The summed E-state index contributed by atoms with van der Waals surface area (Å²) in [7, 11) is 1.59. The molecule has 100 valence electrons. The van der Waals surface area contributed by atoms with Crippen LogP contribution >= 0.6 is 11.6 Å². The van der Waals surface area contributed by atoms with Gasteiger partial charge in [0.05, 0.1) is 7.11 Å². The third-order valence-corrected chi connectivity index (χ3v) is 3.32. The lowest BCUT2D eigenvalue weighted by atomic mass is 9.99. The van der Waals surface area contributed by atoms with Gasteiger partial charge < -0.3 is 9.84 Å². The van der Waals surface area contributed by atoms with Crippen LogP contribution in [0.5, 0.6) is 5.75 Å². The van der Waals surface area contributed by atoms with Crippen molar-refractivity contribution in [1.29, 1.82) is 0 Å². The van der Waals surface area contributed by atoms with Crippen LogP contribution in [0.2, 0.25) is 5.02 Å². The second-order valence-electron chi connectivity index (χ2n) is 4.30. The van der Waals surface area contributed by atoms with Crippen molar-refractivity contribution in [3.8, 4) is 5.75 Å². The lowest BCUT2D eigenvalue weighted by molar-refractivity contribution is 0.220. The van der Waals surface area contributed by atoms with E-state index in [9.17, 15) is 9.50 Å². The zero-order valence-electron chi connectivity index (χ0n) is 10.7. The number of ether oxygens (including phenoxy) is 1. The second kappa shape index (κ2) is 5.59. The van der Waals surface area contributed by atoms with Crippen LogP contribution in [-0.4, -0.2) is 12.2 Å². The van der Waals surface area contributed by atoms with E-state index in [1.165, 1.54) is 18.2 Å². The van der Waals surface area contributed by atoms with Gasteiger partial charge in [-0.2, -0.15) is 0 Å². The van der Waals surface area contributed by atoms with E-state index in [1.54, 1.807) is 19.2 Å². The van der Waals surface area contributed by atoms with E-state index in [0.29, 0.717) is 11.1 Å². The highest BCUT2D eigenvalue weighted by Gasteiger charge is 2.15. The topological polar surface area (TPSA) is 29.5 Å². The monoisotopic (exact) mass is 280 g/mol. The molecule has 0 aliphatic rings. The van der Waals surface area contributed by atoms with Crippen LogP contribution in [0.3, 0.4) is 0 Å². The molecule has 2 aromatic carbocycles. The van der Waals surface area contributed by atoms with Gasteiger partial charge >= 0.3 is 0 Å². The normalized spacial score (nSPS) is 12.3. The zero-order chi connectivity index (χ0) is 14.0. The summed E-state index contributed by atoms with van der Waals surface area (Å²) in [6.07, 6.45) is -0.891. The SMILES string of the molecule is COc1ccc(C(O)c2ccc(F)cc2Cl)cc1C. The highest BCUT2D eigenvalue weighted by Crippen LogP contribution is 2.31. The number of hydrogen-bond acceptors (Lipinski definition) is 2. The number of methoxy groups -OCH3 is 1. The molecule has 0 aliphatic carbocycles. The molecule has 2 rings (SSSR count). The lowest BCUT2D eigenvalue weighted by Gasteiger charge is -2.15. The maximum absolute atomic E-state index is 13.0. The molecule has 1 unspecified atom stereocenters. The van der Waals surface area contributed by atoms with E-state index >= 15 is 0 Å². The molecule has 0 aliphatic heterocycles. The summed E-state index contributed by atoms with van der Waals surface area (Å²) in [6, 6.07) is 9.32. The Balaban J connectivity index is 2.38. The number of aliphatic hydroxyl groups is 1. The molecule has 0 heterocycles. The Kier molecular flexibility index (Phi) is 4.08. The van der Waals surface area contributed by atoms with E-state index < -0.39 is 11.9 Å². The summed E-state index contributed by atoms with van der Waals surface area (Å²) in [5.74, 6) is 0.327. The molecular weight excluding hydrogens is 267 g/mol. The zero-order valence-corrected chi connectivity index (χ0v) is 11.4. The molecule has 0 aromatic heterocycles. The predicted octanol–water partition coefficient (Wildman–Crippen LogP) is 3.88. The highest BCUT2D eigenvalue weighted by molar-refractivity contribution is 6.31. The highest BCUT2D eigenvalue weighted by atomic mass is 35.5. The van der Waals surface area contributed by atoms with Crippen LogP contribution in [-0.2, 0) is 0 Å². The number of hydrogen-bond donors (Lipinski definition) is 1. The molecule has 1 N–H and O–H groups in total. The molecule has 4 heteroatoms. The van der Waals surface area contributed by atoms with Crippen LogP contribution in [0, 0.1) is 12.7 Å². The average Bonchev–Trinajstić information content (AvgIpc) is 2.38. The molecule has 0 radical (unpaired) electrons. The standard InChI is InChI=1S/C15H14ClFO2/c1-9-7-10(3-6-14(9)19-2)15(18)12-5-4-11(17)8-13(12)16/h3-8,15,18H,1-2H3. The molecule has 19 heavy (non-hydrogen) atoms. The maximum atomic E-state index is 13.0. The van der Waals surface area contributed by atoms with Crippen molar-refractivity contribution in [3.63, 3.8) is 0 Å². The minimum absolute atomic E-state index is 0.209. The van der Waals surface area contributed by atoms with Gasteiger partial charge in [-0.1, -0.05) is 23.7 Å². The van der Waals surface area contributed by atoms with Crippen molar-refractivity contribution in [2.24, 2.45) is 0 Å². The lowest BCUT2D eigenvalue weighted by Crippen LogP contribution is -2.02. The smallest absolute Gasteiger partial charge is 0.124 e. The summed E-state index contributed by atoms with van der Waals surface area (Å²) < 4.78 is 18.2. The fraction of sp³-hybridized carbons (Fsp3) is 0.200. The molecule has 0 bridgehead atoms. The van der Waals surface area contributed by atoms with Gasteiger partial charge in [-0.15, -0.1) is 0 Å². The molecule has 0 saturated heterocycles. The van der Waals surface area contributed by atoms with Crippen LogP contribution in [0.4, 0.5) is 4.39 Å². The minimum Gasteiger partial charge on any atom is -0.496 e. The first kappa shape index (κ1) is 13.8. The number of halogens is 2. The Bertz CT molecular complexity index is 599. The summed E-state index contributed by atoms with van der Waals surface area (Å²) in [4.78, 5) is 0. The summed E-state index contributed by atoms with van der Waals surface area (Å²) in [6.45, 7) is 1.89. The Morgan fingerprint density at radius 3 is 2.53 bits per heavy atom. The van der Waals surface area contributed by atoms with Crippen LogP contribution < -0.4 is 4.74 Å². The molecule has 0 spiro atoms. The van der Waals surface area contributed by atoms with Gasteiger partial charge in [0.15, 0.2) is 0 Å². The quantitative estimate of drug-likeness (QED) is 0.924. The van der Waals surface area contributed by atoms with Gasteiger partial charge in [0.1, 0.15) is 17.7 Å². The first-order valence-electron chi connectivity index (χ1n) is 5.80. The molecule has 0 fully saturated rings. The average molecular weight is 281 g/mol. The molecule has 0 amide bonds. The Labute approximate surface area is 116 Å². The summed E-state index contributed by atoms with van der Waals surface area (Å²) >= 11 is 5.95. The second-order valence-corrected chi connectivity index (χ2v) is 4.70. The van der Waals surface area contributed by atoms with E-state index in [4.69, 9.17) is 16.3 Å². The van der Waals surface area contributed by atoms with E-state index in [2.05, 4.69) is 0 Å². The molecule has 1 atom stereocenters. The first-order valence-corrected chi connectivity index (χ1v) is 6.18. The van der Waals surface area contributed by atoms with Gasteiger partial charge in [-0.25, -0.2) is 4.39 Å². The van der Waals surface area contributed by atoms with Crippen LogP contribution in [0.25, 0.3) is 0 Å². The van der Waals surface area contributed by atoms with Crippen molar-refractivity contribution in [3.05, 3.63) is 63.9 Å². The number of rotatable bonds is 3. The number of benzene rings is 2. The van der Waals surface area contributed by atoms with Crippen molar-refractivity contribution in [2.45, 2.75) is 13.0 Å². The predicted molar refractivity (Wildman–Crippen MR) is 73.2 cm³/mol. The summed E-state index contributed by atoms with van der Waals surface area (Å²) in [5, 5.41) is 10.5. The molecular formula is C15H14ClFO2. The molecule has 2 nitrogen and oxygen atoms in total. The van der Waals surface area contributed by atoms with Crippen LogP contribution in [0.1, 0.15) is 22.8 Å². The Morgan fingerprint density at radius 2 is 1.95 bits per heavy atom. The first-order chi connectivity index (χ1) is 9.02. The van der Waals surface area contributed by atoms with E-state index in [1.807, 2.05) is 13.0 Å². The maximum Gasteiger partial charge on any atom is 0.124 e. The van der Waals surface area contributed by atoms with Gasteiger partial charge in [0, 0.05) is 10.6 Å².